The maximum absolute atomic E-state index is 12.9. The van der Waals surface area contributed by atoms with Gasteiger partial charge >= 0.3 is 5.97 Å². The lowest BCUT2D eigenvalue weighted by Gasteiger charge is -2.05. The van der Waals surface area contributed by atoms with Gasteiger partial charge in [0.25, 0.3) is 5.91 Å². The van der Waals surface area contributed by atoms with Crippen LogP contribution in [0.15, 0.2) is 47.2 Å². The third kappa shape index (κ3) is 5.19. The van der Waals surface area contributed by atoms with Gasteiger partial charge in [-0.3, -0.25) is 4.79 Å². The Morgan fingerprint density at radius 3 is 2.90 bits per heavy atom. The van der Waals surface area contributed by atoms with Gasteiger partial charge in [0.05, 0.1) is 0 Å². The SMILES string of the molecule is O=C(COC(=O)/C=C/c1ccsc1)Nc1cccc(F)c1. The fraction of sp³-hybridized carbons (Fsp3) is 0.0667. The molecule has 1 amide bonds. The van der Waals surface area contributed by atoms with Crippen molar-refractivity contribution < 1.29 is 18.7 Å². The smallest absolute Gasteiger partial charge is 0.331 e. The molecule has 0 bridgehead atoms. The van der Waals surface area contributed by atoms with Crippen molar-refractivity contribution in [2.24, 2.45) is 0 Å². The molecule has 1 N–H and O–H groups in total. The molecule has 0 aliphatic heterocycles. The minimum atomic E-state index is -0.615. The molecule has 0 radical (unpaired) electrons. The first-order chi connectivity index (χ1) is 10.1. The van der Waals surface area contributed by atoms with Gasteiger partial charge in [0, 0.05) is 11.8 Å². The summed E-state index contributed by atoms with van der Waals surface area (Å²) in [4.78, 5) is 22.9. The van der Waals surface area contributed by atoms with Crippen LogP contribution in [0.4, 0.5) is 10.1 Å². The fourth-order valence-corrected chi connectivity index (χ4v) is 2.11. The molecule has 0 spiro atoms. The summed E-state index contributed by atoms with van der Waals surface area (Å²) in [6.45, 7) is -0.427. The maximum atomic E-state index is 12.9. The van der Waals surface area contributed by atoms with Crippen LogP contribution < -0.4 is 5.32 Å². The van der Waals surface area contributed by atoms with Gasteiger partial charge in [-0.1, -0.05) is 6.07 Å². The van der Waals surface area contributed by atoms with Crippen molar-refractivity contribution in [1.82, 2.24) is 0 Å². The maximum Gasteiger partial charge on any atom is 0.331 e. The number of thiophene rings is 1. The van der Waals surface area contributed by atoms with Crippen LogP contribution in [-0.2, 0) is 14.3 Å². The quantitative estimate of drug-likeness (QED) is 0.682. The lowest BCUT2D eigenvalue weighted by Crippen LogP contribution is -2.20. The first-order valence-corrected chi connectivity index (χ1v) is 7.00. The van der Waals surface area contributed by atoms with E-state index in [0.29, 0.717) is 5.69 Å². The van der Waals surface area contributed by atoms with Gasteiger partial charge in [0.1, 0.15) is 5.82 Å². The average Bonchev–Trinajstić information content (AvgIpc) is 2.96. The van der Waals surface area contributed by atoms with Gasteiger partial charge in [-0.15, -0.1) is 0 Å². The largest absolute Gasteiger partial charge is 0.452 e. The van der Waals surface area contributed by atoms with Crippen LogP contribution in [0.1, 0.15) is 5.56 Å². The summed E-state index contributed by atoms with van der Waals surface area (Å²) in [5.74, 6) is -1.60. The van der Waals surface area contributed by atoms with E-state index < -0.39 is 24.3 Å². The number of ether oxygens (including phenoxy) is 1. The topological polar surface area (TPSA) is 55.4 Å². The molecule has 0 aliphatic carbocycles. The Hall–Kier alpha value is -2.47. The number of amides is 1. The summed E-state index contributed by atoms with van der Waals surface area (Å²) in [5.41, 5.74) is 1.20. The van der Waals surface area contributed by atoms with E-state index in [0.717, 1.165) is 5.56 Å². The Balaban J connectivity index is 1.77. The molecule has 0 fully saturated rings. The summed E-state index contributed by atoms with van der Waals surface area (Å²) < 4.78 is 17.7. The minimum Gasteiger partial charge on any atom is -0.452 e. The third-order valence-corrected chi connectivity index (χ3v) is 3.11. The number of rotatable bonds is 5. The molecule has 108 valence electrons. The van der Waals surface area contributed by atoms with Crippen LogP contribution in [0, 0.1) is 5.82 Å². The van der Waals surface area contributed by atoms with Crippen LogP contribution in [0.25, 0.3) is 6.08 Å². The van der Waals surface area contributed by atoms with E-state index in [9.17, 15) is 14.0 Å². The van der Waals surface area contributed by atoms with Gasteiger partial charge in [-0.05, 0) is 46.7 Å². The lowest BCUT2D eigenvalue weighted by molar-refractivity contribution is -0.142. The average molecular weight is 305 g/mol. The number of benzene rings is 1. The first-order valence-electron chi connectivity index (χ1n) is 6.06. The Bertz CT molecular complexity index is 653. The molecule has 2 rings (SSSR count). The lowest BCUT2D eigenvalue weighted by atomic mass is 10.3. The highest BCUT2D eigenvalue weighted by Crippen LogP contribution is 2.09. The molecule has 6 heteroatoms. The summed E-state index contributed by atoms with van der Waals surface area (Å²) in [6.07, 6.45) is 2.85. The number of nitrogens with one attached hydrogen (secondary N) is 1. The molecule has 21 heavy (non-hydrogen) atoms. The zero-order valence-electron chi connectivity index (χ0n) is 10.9. The van der Waals surface area contributed by atoms with Crippen LogP contribution >= 0.6 is 11.3 Å². The monoisotopic (exact) mass is 305 g/mol. The zero-order chi connectivity index (χ0) is 15.1. The zero-order valence-corrected chi connectivity index (χ0v) is 11.7. The number of carbonyl (C=O) groups is 2. The fourth-order valence-electron chi connectivity index (χ4n) is 1.48. The second kappa shape index (κ2) is 7.35. The number of hydrogen-bond donors (Lipinski definition) is 1. The molecular weight excluding hydrogens is 293 g/mol. The second-order valence-corrected chi connectivity index (χ2v) is 4.84. The summed E-state index contributed by atoms with van der Waals surface area (Å²) in [6, 6.07) is 7.31. The highest BCUT2D eigenvalue weighted by atomic mass is 32.1. The molecule has 1 heterocycles. The van der Waals surface area contributed by atoms with E-state index in [-0.39, 0.29) is 0 Å². The number of carbonyl (C=O) groups excluding carboxylic acids is 2. The third-order valence-electron chi connectivity index (χ3n) is 2.41. The summed E-state index contributed by atoms with van der Waals surface area (Å²) in [5, 5.41) is 6.19. The molecule has 0 saturated carbocycles. The van der Waals surface area contributed by atoms with Crippen LogP contribution in [0.3, 0.4) is 0 Å². The van der Waals surface area contributed by atoms with E-state index in [1.54, 1.807) is 12.1 Å². The predicted octanol–water partition coefficient (Wildman–Crippen LogP) is 3.08. The predicted molar refractivity (Wildman–Crippen MR) is 79.3 cm³/mol. The van der Waals surface area contributed by atoms with Crippen molar-refractivity contribution in [3.8, 4) is 0 Å². The van der Waals surface area contributed by atoms with Gasteiger partial charge in [0.2, 0.25) is 0 Å². The molecule has 0 aliphatic rings. The van der Waals surface area contributed by atoms with Crippen molar-refractivity contribution in [3.63, 3.8) is 0 Å². The number of hydrogen-bond acceptors (Lipinski definition) is 4. The van der Waals surface area contributed by atoms with E-state index >= 15 is 0 Å². The van der Waals surface area contributed by atoms with Crippen LogP contribution in [0.2, 0.25) is 0 Å². The Morgan fingerprint density at radius 1 is 1.33 bits per heavy atom. The van der Waals surface area contributed by atoms with E-state index in [2.05, 4.69) is 5.32 Å². The molecule has 0 unspecified atom stereocenters. The van der Waals surface area contributed by atoms with Crippen molar-refractivity contribution in [2.75, 3.05) is 11.9 Å². The highest BCUT2D eigenvalue weighted by Gasteiger charge is 2.06. The van der Waals surface area contributed by atoms with E-state index in [1.165, 1.54) is 35.6 Å². The second-order valence-electron chi connectivity index (χ2n) is 4.06. The molecule has 2 aromatic rings. The van der Waals surface area contributed by atoms with Gasteiger partial charge in [-0.25, -0.2) is 9.18 Å². The molecule has 0 atom stereocenters. The van der Waals surface area contributed by atoms with Crippen molar-refractivity contribution >= 4 is 35.0 Å². The number of anilines is 1. The Labute approximate surface area is 124 Å². The van der Waals surface area contributed by atoms with Gasteiger partial charge < -0.3 is 10.1 Å². The van der Waals surface area contributed by atoms with Crippen LogP contribution in [0.5, 0.6) is 0 Å². The number of esters is 1. The Kier molecular flexibility index (Phi) is 5.22. The molecule has 4 nitrogen and oxygen atoms in total. The number of halogens is 1. The van der Waals surface area contributed by atoms with Crippen molar-refractivity contribution in [2.45, 2.75) is 0 Å². The molecular formula is C15H12FNO3S. The molecule has 1 aromatic heterocycles. The highest BCUT2D eigenvalue weighted by molar-refractivity contribution is 7.08. The van der Waals surface area contributed by atoms with Crippen molar-refractivity contribution in [1.29, 1.82) is 0 Å². The molecule has 1 aromatic carbocycles. The summed E-state index contributed by atoms with van der Waals surface area (Å²) in [7, 11) is 0. The van der Waals surface area contributed by atoms with E-state index in [4.69, 9.17) is 4.74 Å². The molecule has 0 saturated heterocycles. The normalized spacial score (nSPS) is 10.5. The van der Waals surface area contributed by atoms with Gasteiger partial charge in [0.15, 0.2) is 6.61 Å². The Morgan fingerprint density at radius 2 is 2.19 bits per heavy atom. The van der Waals surface area contributed by atoms with Gasteiger partial charge in [-0.2, -0.15) is 11.3 Å². The van der Waals surface area contributed by atoms with Crippen molar-refractivity contribution in [3.05, 3.63) is 58.5 Å². The summed E-state index contributed by atoms with van der Waals surface area (Å²) >= 11 is 1.51. The van der Waals surface area contributed by atoms with E-state index in [1.807, 2.05) is 16.8 Å². The van der Waals surface area contributed by atoms with Crippen LogP contribution in [-0.4, -0.2) is 18.5 Å². The standard InChI is InChI=1S/C15H12FNO3S/c16-12-2-1-3-13(8-12)17-14(18)9-20-15(19)5-4-11-6-7-21-10-11/h1-8,10H,9H2,(H,17,18)/b5-4+. The minimum absolute atomic E-state index is 0.310. The first kappa shape index (κ1) is 14.9.